The molecule has 2 atom stereocenters. The van der Waals surface area contributed by atoms with Crippen molar-refractivity contribution in [2.75, 3.05) is 26.3 Å². The summed E-state index contributed by atoms with van der Waals surface area (Å²) in [6.45, 7) is 2.93. The van der Waals surface area contributed by atoms with Gasteiger partial charge in [-0.3, -0.25) is 0 Å². The van der Waals surface area contributed by atoms with Crippen molar-refractivity contribution in [2.24, 2.45) is 0 Å². The molecule has 0 aromatic heterocycles. The smallest absolute Gasteiger partial charge is 0.192 e. The fourth-order valence-electron chi connectivity index (χ4n) is 3.11. The Labute approximate surface area is 99.9 Å². The Hall–Kier alpha value is -0.940. The van der Waals surface area contributed by atoms with E-state index >= 15 is 0 Å². The minimum absolute atomic E-state index is 0.132. The zero-order valence-electron chi connectivity index (χ0n) is 9.52. The van der Waals surface area contributed by atoms with Crippen molar-refractivity contribution < 1.29 is 14.2 Å². The molecule has 3 heterocycles. The first-order chi connectivity index (χ1) is 8.40. The van der Waals surface area contributed by atoms with Gasteiger partial charge < -0.3 is 19.5 Å². The summed E-state index contributed by atoms with van der Waals surface area (Å²) in [5.41, 5.74) is 2.05. The summed E-state index contributed by atoms with van der Waals surface area (Å²) in [5, 5.41) is 3.43. The Morgan fingerprint density at radius 2 is 2.00 bits per heavy atom. The highest BCUT2D eigenvalue weighted by Crippen LogP contribution is 2.48. The van der Waals surface area contributed by atoms with E-state index in [4.69, 9.17) is 14.2 Å². The van der Waals surface area contributed by atoms with E-state index in [0.717, 1.165) is 13.1 Å². The van der Waals surface area contributed by atoms with Crippen LogP contribution in [0.5, 0.6) is 0 Å². The SMILES string of the molecule is c1ccc2c(c1)C1CNCC2(C2OCCO2)O1. The minimum atomic E-state index is -0.448. The van der Waals surface area contributed by atoms with E-state index in [1.54, 1.807) is 0 Å². The molecule has 3 aliphatic rings. The average Bonchev–Trinajstić information content (AvgIpc) is 2.99. The molecule has 1 aromatic rings. The molecule has 2 bridgehead atoms. The van der Waals surface area contributed by atoms with E-state index in [0.29, 0.717) is 13.2 Å². The van der Waals surface area contributed by atoms with Crippen LogP contribution in [0.25, 0.3) is 0 Å². The molecule has 4 nitrogen and oxygen atoms in total. The zero-order chi connectivity index (χ0) is 11.3. The molecule has 0 spiro atoms. The first-order valence-electron chi connectivity index (χ1n) is 6.11. The number of fused-ring (bicyclic) bond motifs is 5. The number of benzene rings is 1. The lowest BCUT2D eigenvalue weighted by molar-refractivity contribution is -0.229. The molecule has 4 rings (SSSR count). The quantitative estimate of drug-likeness (QED) is 0.783. The molecule has 0 aliphatic carbocycles. The number of hydrogen-bond donors (Lipinski definition) is 1. The second kappa shape index (κ2) is 3.53. The summed E-state index contributed by atoms with van der Waals surface area (Å²) in [5.74, 6) is 0. The molecule has 0 amide bonds. The van der Waals surface area contributed by atoms with Crippen molar-refractivity contribution in [2.45, 2.75) is 18.0 Å². The molecular weight excluding hydrogens is 218 g/mol. The maximum absolute atomic E-state index is 6.23. The van der Waals surface area contributed by atoms with Gasteiger partial charge in [0.1, 0.15) is 0 Å². The van der Waals surface area contributed by atoms with Crippen molar-refractivity contribution in [3.8, 4) is 0 Å². The van der Waals surface area contributed by atoms with Crippen molar-refractivity contribution in [3.63, 3.8) is 0 Å². The van der Waals surface area contributed by atoms with Gasteiger partial charge >= 0.3 is 0 Å². The monoisotopic (exact) mass is 233 g/mol. The van der Waals surface area contributed by atoms with Gasteiger partial charge in [-0.05, 0) is 11.1 Å². The standard InChI is InChI=1S/C13H15NO3/c1-2-4-10-9(3-1)11-7-14-8-13(10,17-11)12-15-5-6-16-12/h1-4,11-12,14H,5-8H2. The zero-order valence-corrected chi connectivity index (χ0v) is 9.52. The number of morpholine rings is 1. The molecule has 2 unspecified atom stereocenters. The third-order valence-corrected chi connectivity index (χ3v) is 3.84. The van der Waals surface area contributed by atoms with Gasteiger partial charge in [0.05, 0.1) is 19.3 Å². The molecule has 0 saturated carbocycles. The van der Waals surface area contributed by atoms with E-state index in [-0.39, 0.29) is 12.4 Å². The van der Waals surface area contributed by atoms with Crippen LogP contribution in [-0.2, 0) is 19.8 Å². The van der Waals surface area contributed by atoms with E-state index in [9.17, 15) is 0 Å². The predicted octanol–water partition coefficient (Wildman–Crippen LogP) is 0.929. The van der Waals surface area contributed by atoms with Gasteiger partial charge in [-0.15, -0.1) is 0 Å². The summed E-state index contributed by atoms with van der Waals surface area (Å²) in [6.07, 6.45) is -0.144. The number of hydrogen-bond acceptors (Lipinski definition) is 4. The molecule has 0 radical (unpaired) electrons. The highest BCUT2D eigenvalue weighted by Gasteiger charge is 2.54. The normalized spacial score (nSPS) is 36.1. The lowest BCUT2D eigenvalue weighted by Gasteiger charge is -2.37. The molecule has 1 aromatic carbocycles. The number of nitrogens with one attached hydrogen (secondary N) is 1. The summed E-state index contributed by atoms with van der Waals surface area (Å²) in [4.78, 5) is 0. The van der Waals surface area contributed by atoms with E-state index in [1.807, 2.05) is 0 Å². The summed E-state index contributed by atoms with van der Waals surface area (Å²) < 4.78 is 17.6. The maximum Gasteiger partial charge on any atom is 0.192 e. The first kappa shape index (κ1) is 10.0. The van der Waals surface area contributed by atoms with Crippen LogP contribution < -0.4 is 5.32 Å². The third kappa shape index (κ3) is 1.27. The van der Waals surface area contributed by atoms with E-state index in [2.05, 4.69) is 29.6 Å². The van der Waals surface area contributed by atoms with E-state index in [1.165, 1.54) is 11.1 Å². The van der Waals surface area contributed by atoms with Crippen LogP contribution in [-0.4, -0.2) is 32.6 Å². The van der Waals surface area contributed by atoms with Crippen LogP contribution in [0.2, 0.25) is 0 Å². The number of ether oxygens (including phenoxy) is 3. The molecule has 17 heavy (non-hydrogen) atoms. The Bertz CT molecular complexity index is 444. The van der Waals surface area contributed by atoms with Gasteiger partial charge in [0, 0.05) is 13.1 Å². The van der Waals surface area contributed by atoms with Gasteiger partial charge in [-0.2, -0.15) is 0 Å². The van der Waals surface area contributed by atoms with Crippen molar-refractivity contribution in [1.29, 1.82) is 0 Å². The van der Waals surface area contributed by atoms with Crippen LogP contribution in [0.3, 0.4) is 0 Å². The summed E-state index contributed by atoms with van der Waals surface area (Å²) in [6, 6.07) is 8.39. The summed E-state index contributed by atoms with van der Waals surface area (Å²) >= 11 is 0. The fraction of sp³-hybridized carbons (Fsp3) is 0.538. The molecular formula is C13H15NO3. The Morgan fingerprint density at radius 1 is 1.18 bits per heavy atom. The van der Waals surface area contributed by atoms with Crippen molar-refractivity contribution in [3.05, 3.63) is 35.4 Å². The van der Waals surface area contributed by atoms with E-state index < -0.39 is 5.60 Å². The molecule has 2 saturated heterocycles. The van der Waals surface area contributed by atoms with Crippen LogP contribution in [0, 0.1) is 0 Å². The lowest BCUT2D eigenvalue weighted by atomic mass is 9.91. The maximum atomic E-state index is 6.23. The van der Waals surface area contributed by atoms with Crippen LogP contribution in [0.15, 0.2) is 24.3 Å². The van der Waals surface area contributed by atoms with Gasteiger partial charge in [0.25, 0.3) is 0 Å². The predicted molar refractivity (Wildman–Crippen MR) is 60.5 cm³/mol. The molecule has 2 fully saturated rings. The average molecular weight is 233 g/mol. The highest BCUT2D eigenvalue weighted by atomic mass is 16.7. The van der Waals surface area contributed by atoms with Crippen LogP contribution >= 0.6 is 0 Å². The molecule has 90 valence electrons. The second-order valence-electron chi connectivity index (χ2n) is 4.79. The van der Waals surface area contributed by atoms with Gasteiger partial charge in [-0.1, -0.05) is 24.3 Å². The molecule has 1 N–H and O–H groups in total. The molecule has 4 heteroatoms. The van der Waals surface area contributed by atoms with Gasteiger partial charge in [0.2, 0.25) is 0 Å². The molecule has 3 aliphatic heterocycles. The first-order valence-corrected chi connectivity index (χ1v) is 6.11. The highest BCUT2D eigenvalue weighted by molar-refractivity contribution is 5.40. The lowest BCUT2D eigenvalue weighted by Crippen LogP contribution is -2.51. The van der Waals surface area contributed by atoms with Crippen molar-refractivity contribution >= 4 is 0 Å². The Balaban J connectivity index is 1.84. The van der Waals surface area contributed by atoms with Crippen molar-refractivity contribution in [1.82, 2.24) is 5.32 Å². The van der Waals surface area contributed by atoms with Gasteiger partial charge in [-0.25, -0.2) is 0 Å². The fourth-order valence-corrected chi connectivity index (χ4v) is 3.11. The van der Waals surface area contributed by atoms with Gasteiger partial charge in [0.15, 0.2) is 11.9 Å². The Kier molecular flexibility index (Phi) is 2.08. The number of rotatable bonds is 1. The Morgan fingerprint density at radius 3 is 2.88 bits per heavy atom. The minimum Gasteiger partial charge on any atom is -0.354 e. The van der Waals surface area contributed by atoms with Crippen LogP contribution in [0.4, 0.5) is 0 Å². The largest absolute Gasteiger partial charge is 0.354 e. The second-order valence-corrected chi connectivity index (χ2v) is 4.79. The van der Waals surface area contributed by atoms with Crippen LogP contribution in [0.1, 0.15) is 17.2 Å². The third-order valence-electron chi connectivity index (χ3n) is 3.84. The summed E-state index contributed by atoms with van der Waals surface area (Å²) in [7, 11) is 0. The topological polar surface area (TPSA) is 39.7 Å².